The molecule has 2 fully saturated rings. The molecule has 2 aliphatic heterocycles. The highest BCUT2D eigenvalue weighted by Gasteiger charge is 2.32. The lowest BCUT2D eigenvalue weighted by Gasteiger charge is -2.25. The van der Waals surface area contributed by atoms with Gasteiger partial charge < -0.3 is 10.2 Å². The summed E-state index contributed by atoms with van der Waals surface area (Å²) in [5.41, 5.74) is 0. The summed E-state index contributed by atoms with van der Waals surface area (Å²) in [5.74, 6) is 3.44. The third kappa shape index (κ3) is 2.67. The van der Waals surface area contributed by atoms with Crippen LogP contribution < -0.4 is 5.32 Å². The Labute approximate surface area is 96.0 Å². The first-order chi connectivity index (χ1) is 7.29. The highest BCUT2D eigenvalue weighted by Crippen LogP contribution is 2.20. The van der Waals surface area contributed by atoms with Gasteiger partial charge in [0.05, 0.1) is 5.92 Å². The monoisotopic (exact) mass is 228 g/mol. The first-order valence-electron chi connectivity index (χ1n) is 5.86. The summed E-state index contributed by atoms with van der Waals surface area (Å²) < 4.78 is 0. The Bertz CT molecular complexity index is 227. The molecule has 2 atom stereocenters. The molecule has 2 saturated heterocycles. The third-order valence-corrected chi connectivity index (χ3v) is 4.42. The lowest BCUT2D eigenvalue weighted by atomic mass is 9.96. The molecule has 15 heavy (non-hydrogen) atoms. The van der Waals surface area contributed by atoms with Crippen LogP contribution in [0.4, 0.5) is 0 Å². The maximum atomic E-state index is 12.2. The third-order valence-electron chi connectivity index (χ3n) is 3.37. The van der Waals surface area contributed by atoms with Gasteiger partial charge in [0.25, 0.3) is 0 Å². The molecule has 86 valence electrons. The molecule has 0 bridgehead atoms. The van der Waals surface area contributed by atoms with Crippen LogP contribution in [0.3, 0.4) is 0 Å². The SMILES string of the molecule is CC1CNCC1C(=O)N1CCCSCC1. The van der Waals surface area contributed by atoms with Crippen molar-refractivity contribution in [3.8, 4) is 0 Å². The van der Waals surface area contributed by atoms with Crippen molar-refractivity contribution in [2.45, 2.75) is 13.3 Å². The zero-order chi connectivity index (χ0) is 10.7. The molecule has 2 aliphatic rings. The molecular weight excluding hydrogens is 208 g/mol. The van der Waals surface area contributed by atoms with Gasteiger partial charge in [-0.15, -0.1) is 0 Å². The Morgan fingerprint density at radius 3 is 2.93 bits per heavy atom. The van der Waals surface area contributed by atoms with Crippen molar-refractivity contribution >= 4 is 17.7 Å². The van der Waals surface area contributed by atoms with Gasteiger partial charge in [0.15, 0.2) is 0 Å². The Morgan fingerprint density at radius 2 is 2.20 bits per heavy atom. The highest BCUT2D eigenvalue weighted by molar-refractivity contribution is 7.99. The van der Waals surface area contributed by atoms with Gasteiger partial charge in [-0.1, -0.05) is 6.92 Å². The molecule has 2 rings (SSSR count). The molecule has 0 aromatic heterocycles. The number of nitrogens with zero attached hydrogens (tertiary/aromatic N) is 1. The highest BCUT2D eigenvalue weighted by atomic mass is 32.2. The molecule has 0 saturated carbocycles. The van der Waals surface area contributed by atoms with Crippen molar-refractivity contribution < 1.29 is 4.79 Å². The molecule has 3 nitrogen and oxygen atoms in total. The van der Waals surface area contributed by atoms with Crippen LogP contribution in [0.25, 0.3) is 0 Å². The summed E-state index contributed by atoms with van der Waals surface area (Å²) in [6.45, 7) is 5.97. The van der Waals surface area contributed by atoms with E-state index >= 15 is 0 Å². The van der Waals surface area contributed by atoms with Crippen LogP contribution >= 0.6 is 11.8 Å². The van der Waals surface area contributed by atoms with Crippen LogP contribution in [-0.4, -0.2) is 48.5 Å². The molecule has 1 amide bonds. The van der Waals surface area contributed by atoms with Crippen LogP contribution in [0.15, 0.2) is 0 Å². The lowest BCUT2D eigenvalue weighted by Crippen LogP contribution is -2.40. The number of hydrogen-bond acceptors (Lipinski definition) is 3. The summed E-state index contributed by atoms with van der Waals surface area (Å²) in [6, 6.07) is 0. The van der Waals surface area contributed by atoms with Crippen LogP contribution in [0.5, 0.6) is 0 Å². The number of nitrogens with one attached hydrogen (secondary N) is 1. The van der Waals surface area contributed by atoms with Gasteiger partial charge >= 0.3 is 0 Å². The fraction of sp³-hybridized carbons (Fsp3) is 0.909. The Morgan fingerprint density at radius 1 is 1.33 bits per heavy atom. The van der Waals surface area contributed by atoms with Crippen molar-refractivity contribution in [1.29, 1.82) is 0 Å². The minimum atomic E-state index is 0.230. The zero-order valence-corrected chi connectivity index (χ0v) is 10.2. The molecule has 0 aliphatic carbocycles. The predicted octanol–water partition coefficient (Wildman–Crippen LogP) is 0.807. The number of carbonyl (C=O) groups is 1. The van der Waals surface area contributed by atoms with Gasteiger partial charge in [-0.05, 0) is 24.6 Å². The van der Waals surface area contributed by atoms with E-state index < -0.39 is 0 Å². The zero-order valence-electron chi connectivity index (χ0n) is 9.37. The van der Waals surface area contributed by atoms with E-state index in [0.717, 1.165) is 38.4 Å². The molecule has 2 unspecified atom stereocenters. The fourth-order valence-corrected chi connectivity index (χ4v) is 3.23. The van der Waals surface area contributed by atoms with Crippen LogP contribution in [-0.2, 0) is 4.79 Å². The second-order valence-electron chi connectivity index (χ2n) is 4.53. The molecule has 1 N–H and O–H groups in total. The smallest absolute Gasteiger partial charge is 0.227 e. The minimum absolute atomic E-state index is 0.230. The second-order valence-corrected chi connectivity index (χ2v) is 5.76. The standard InChI is InChI=1S/C11H20N2OS/c1-9-7-12-8-10(9)11(14)13-3-2-5-15-6-4-13/h9-10,12H,2-8H2,1H3. The van der Waals surface area contributed by atoms with Gasteiger partial charge in [0.1, 0.15) is 0 Å². The summed E-state index contributed by atoms with van der Waals surface area (Å²) in [7, 11) is 0. The molecule has 0 aromatic rings. The quantitative estimate of drug-likeness (QED) is 0.721. The Balaban J connectivity index is 1.93. The van der Waals surface area contributed by atoms with Crippen molar-refractivity contribution in [1.82, 2.24) is 10.2 Å². The van der Waals surface area contributed by atoms with E-state index in [1.165, 1.54) is 5.75 Å². The van der Waals surface area contributed by atoms with E-state index in [-0.39, 0.29) is 5.92 Å². The summed E-state index contributed by atoms with van der Waals surface area (Å²) in [6.07, 6.45) is 1.16. The Kier molecular flexibility index (Phi) is 3.92. The average molecular weight is 228 g/mol. The Hall–Kier alpha value is -0.220. The summed E-state index contributed by atoms with van der Waals surface area (Å²) in [5, 5.41) is 3.31. The minimum Gasteiger partial charge on any atom is -0.342 e. The maximum absolute atomic E-state index is 12.2. The number of amides is 1. The van der Waals surface area contributed by atoms with Gasteiger partial charge in [0.2, 0.25) is 5.91 Å². The van der Waals surface area contributed by atoms with E-state index in [0.29, 0.717) is 11.8 Å². The molecule has 0 spiro atoms. The van der Waals surface area contributed by atoms with E-state index in [4.69, 9.17) is 0 Å². The van der Waals surface area contributed by atoms with E-state index in [1.807, 2.05) is 11.8 Å². The number of hydrogen-bond donors (Lipinski definition) is 1. The average Bonchev–Trinajstić information content (AvgIpc) is 2.53. The topological polar surface area (TPSA) is 32.3 Å². The molecule has 2 heterocycles. The van der Waals surface area contributed by atoms with Crippen LogP contribution in [0.1, 0.15) is 13.3 Å². The number of carbonyl (C=O) groups excluding carboxylic acids is 1. The molecule has 0 aromatic carbocycles. The number of thioether (sulfide) groups is 1. The van der Waals surface area contributed by atoms with E-state index in [1.54, 1.807) is 0 Å². The van der Waals surface area contributed by atoms with Crippen molar-refractivity contribution in [3.63, 3.8) is 0 Å². The number of rotatable bonds is 1. The fourth-order valence-electron chi connectivity index (χ4n) is 2.34. The van der Waals surface area contributed by atoms with Gasteiger partial charge in [-0.25, -0.2) is 0 Å². The second kappa shape index (κ2) is 5.21. The van der Waals surface area contributed by atoms with E-state index in [9.17, 15) is 4.79 Å². The van der Waals surface area contributed by atoms with Gasteiger partial charge in [-0.2, -0.15) is 11.8 Å². The first kappa shape index (κ1) is 11.3. The summed E-state index contributed by atoms with van der Waals surface area (Å²) >= 11 is 1.97. The summed E-state index contributed by atoms with van der Waals surface area (Å²) in [4.78, 5) is 14.3. The molecular formula is C11H20N2OS. The van der Waals surface area contributed by atoms with Crippen molar-refractivity contribution in [3.05, 3.63) is 0 Å². The van der Waals surface area contributed by atoms with Crippen LogP contribution in [0, 0.1) is 11.8 Å². The predicted molar refractivity (Wildman–Crippen MR) is 64.0 cm³/mol. The van der Waals surface area contributed by atoms with Gasteiger partial charge in [0, 0.05) is 25.4 Å². The van der Waals surface area contributed by atoms with Crippen molar-refractivity contribution in [2.24, 2.45) is 11.8 Å². The normalized spacial score (nSPS) is 32.7. The molecule has 4 heteroatoms. The maximum Gasteiger partial charge on any atom is 0.227 e. The first-order valence-corrected chi connectivity index (χ1v) is 7.02. The van der Waals surface area contributed by atoms with Crippen molar-refractivity contribution in [2.75, 3.05) is 37.7 Å². The lowest BCUT2D eigenvalue weighted by molar-refractivity contribution is -0.135. The van der Waals surface area contributed by atoms with Gasteiger partial charge in [-0.3, -0.25) is 4.79 Å². The van der Waals surface area contributed by atoms with Crippen LogP contribution in [0.2, 0.25) is 0 Å². The largest absolute Gasteiger partial charge is 0.342 e. The van der Waals surface area contributed by atoms with E-state index in [2.05, 4.69) is 17.1 Å². The molecule has 0 radical (unpaired) electrons.